The van der Waals surface area contributed by atoms with Crippen LogP contribution in [0.1, 0.15) is 126 Å². The van der Waals surface area contributed by atoms with Gasteiger partial charge in [-0.15, -0.1) is 0 Å². The van der Waals surface area contributed by atoms with E-state index in [0.29, 0.717) is 11.3 Å². The van der Waals surface area contributed by atoms with Crippen LogP contribution in [0.3, 0.4) is 0 Å². The van der Waals surface area contributed by atoms with E-state index in [1.165, 1.54) is 58.4 Å². The number of aryl methyl sites for hydroxylation is 1. The van der Waals surface area contributed by atoms with E-state index in [0.717, 1.165) is 11.5 Å². The summed E-state index contributed by atoms with van der Waals surface area (Å²) in [6.07, 6.45) is 14.3. The zero-order valence-corrected chi connectivity index (χ0v) is 32.9. The Hall–Kier alpha value is -3.52. The summed E-state index contributed by atoms with van der Waals surface area (Å²) in [6, 6.07) is 18.7. The van der Waals surface area contributed by atoms with E-state index in [1.807, 2.05) is 46.0 Å². The average molecular weight is 639 g/mol. The third kappa shape index (κ3) is 14.0. The molecule has 1 aliphatic rings. The predicted molar refractivity (Wildman–Crippen MR) is 215 cm³/mol. The number of benzene rings is 2. The fourth-order valence-corrected chi connectivity index (χ4v) is 6.15. The molecule has 0 spiro atoms. The summed E-state index contributed by atoms with van der Waals surface area (Å²) < 4.78 is 0. The molecule has 1 aliphatic carbocycles. The number of nitrogens with one attached hydrogen (secondary N) is 1. The molecule has 0 heterocycles. The van der Waals surface area contributed by atoms with Crippen molar-refractivity contribution in [3.63, 3.8) is 0 Å². The first kappa shape index (κ1) is 43.5. The standard InChI is InChI=1S/C15H26.2C14H19N.C2H6/c1-7-15(6,11(2)3)14-9-8-12(4)10-13(14)5;1-11(2)9-12(3)14(10-15)13-7-5-4-6-8-13;1-5-8-12(3)14(15-4)13-10-7-6-9-11(13)2;1-2/h10-11H,7-9H2,1-6H3;4-11H,15H2,1-3H3;5-10,15H,1-4H3;1-2H3/b;12-9-,14-10+;8-5-,14-12-;. The molecule has 260 valence electrons. The smallest absolute Gasteiger partial charge is 0.0443 e. The van der Waals surface area contributed by atoms with Crippen LogP contribution >= 0.6 is 0 Å². The monoisotopic (exact) mass is 639 g/mol. The van der Waals surface area contributed by atoms with Gasteiger partial charge in [-0.2, -0.15) is 0 Å². The van der Waals surface area contributed by atoms with Crippen LogP contribution in [0.2, 0.25) is 0 Å². The average Bonchev–Trinajstić information content (AvgIpc) is 3.04. The molecule has 1 atom stereocenters. The van der Waals surface area contributed by atoms with Gasteiger partial charge in [0.25, 0.3) is 0 Å². The summed E-state index contributed by atoms with van der Waals surface area (Å²) >= 11 is 0. The SMILES string of the molecule is C/C=C\C(C)=C(/NC)c1ccccc1C.CC.CC(=C/C(C)C)/C(=C\N)c1ccccc1.CCC(C)(C1=C(C)C=C(C)CC1)C(C)C. The Balaban J connectivity index is 0.000000657. The molecular formula is C45H70N2. The highest BCUT2D eigenvalue weighted by atomic mass is 14.8. The zero-order chi connectivity index (χ0) is 36.2. The van der Waals surface area contributed by atoms with Crippen molar-refractivity contribution >= 4 is 11.3 Å². The maximum atomic E-state index is 5.68. The highest BCUT2D eigenvalue weighted by Crippen LogP contribution is 2.44. The molecule has 0 saturated carbocycles. The summed E-state index contributed by atoms with van der Waals surface area (Å²) in [5, 5.41) is 3.27. The first-order valence-electron chi connectivity index (χ1n) is 17.9. The second-order valence-electron chi connectivity index (χ2n) is 13.2. The molecule has 0 bridgehead atoms. The molecule has 3 rings (SSSR count). The normalized spacial score (nSPS) is 15.4. The fraction of sp³-hybridized carbons (Fsp3) is 0.467. The minimum atomic E-state index is 0.404. The van der Waals surface area contributed by atoms with Gasteiger partial charge in [-0.1, -0.05) is 151 Å². The van der Waals surface area contributed by atoms with Crippen LogP contribution in [0.4, 0.5) is 0 Å². The van der Waals surface area contributed by atoms with Gasteiger partial charge in [0.2, 0.25) is 0 Å². The van der Waals surface area contributed by atoms with Gasteiger partial charge in [0.15, 0.2) is 0 Å². The van der Waals surface area contributed by atoms with E-state index >= 15 is 0 Å². The minimum Gasteiger partial charge on any atom is -0.404 e. The van der Waals surface area contributed by atoms with Crippen molar-refractivity contribution < 1.29 is 0 Å². The molecular weight excluding hydrogens is 569 g/mol. The van der Waals surface area contributed by atoms with Crippen LogP contribution in [0, 0.1) is 24.2 Å². The fourth-order valence-electron chi connectivity index (χ4n) is 6.15. The first-order chi connectivity index (χ1) is 22.3. The minimum absolute atomic E-state index is 0.404. The number of hydrogen-bond donors (Lipinski definition) is 2. The molecule has 2 heteroatoms. The van der Waals surface area contributed by atoms with Crippen LogP contribution in [0.15, 0.2) is 113 Å². The highest BCUT2D eigenvalue weighted by Gasteiger charge is 2.32. The summed E-state index contributed by atoms with van der Waals surface area (Å²) in [6.45, 7) is 30.7. The topological polar surface area (TPSA) is 38.0 Å². The molecule has 2 aromatic rings. The Bertz CT molecular complexity index is 1380. The van der Waals surface area contributed by atoms with Crippen LogP contribution in [0.5, 0.6) is 0 Å². The quantitative estimate of drug-likeness (QED) is 0.268. The molecule has 0 saturated heterocycles. The van der Waals surface area contributed by atoms with Crippen LogP contribution in [-0.4, -0.2) is 7.05 Å². The second kappa shape index (κ2) is 22.9. The van der Waals surface area contributed by atoms with Gasteiger partial charge in [0.05, 0.1) is 0 Å². The summed E-state index contributed by atoms with van der Waals surface area (Å²) in [4.78, 5) is 0. The van der Waals surface area contributed by atoms with Crippen LogP contribution in [0.25, 0.3) is 11.3 Å². The molecule has 0 fully saturated rings. The van der Waals surface area contributed by atoms with E-state index in [9.17, 15) is 0 Å². The number of hydrogen-bond acceptors (Lipinski definition) is 2. The third-order valence-electron chi connectivity index (χ3n) is 9.14. The van der Waals surface area contributed by atoms with E-state index in [-0.39, 0.29) is 0 Å². The van der Waals surface area contributed by atoms with Gasteiger partial charge in [0.1, 0.15) is 0 Å². The molecule has 0 amide bonds. The molecule has 47 heavy (non-hydrogen) atoms. The van der Waals surface area contributed by atoms with Crippen molar-refractivity contribution in [1.82, 2.24) is 5.32 Å². The lowest BCUT2D eigenvalue weighted by Gasteiger charge is -2.38. The lowest BCUT2D eigenvalue weighted by molar-refractivity contribution is 0.255. The van der Waals surface area contributed by atoms with Gasteiger partial charge in [0, 0.05) is 24.5 Å². The van der Waals surface area contributed by atoms with Gasteiger partial charge in [-0.25, -0.2) is 0 Å². The Kier molecular flexibility index (Phi) is 21.2. The van der Waals surface area contributed by atoms with Crippen molar-refractivity contribution in [2.24, 2.45) is 23.0 Å². The van der Waals surface area contributed by atoms with Crippen molar-refractivity contribution in [2.75, 3.05) is 7.05 Å². The van der Waals surface area contributed by atoms with E-state index in [2.05, 4.69) is 142 Å². The van der Waals surface area contributed by atoms with Crippen LogP contribution in [-0.2, 0) is 0 Å². The highest BCUT2D eigenvalue weighted by molar-refractivity contribution is 5.78. The van der Waals surface area contributed by atoms with Gasteiger partial charge in [-0.05, 0) is 106 Å². The second-order valence-corrected chi connectivity index (χ2v) is 13.2. The van der Waals surface area contributed by atoms with Crippen molar-refractivity contribution in [3.8, 4) is 0 Å². The number of nitrogens with two attached hydrogens (primary N) is 1. The number of allylic oxidation sites excluding steroid dienone is 10. The van der Waals surface area contributed by atoms with Crippen molar-refractivity contribution in [1.29, 1.82) is 0 Å². The number of rotatable bonds is 9. The van der Waals surface area contributed by atoms with Crippen LogP contribution < -0.4 is 11.1 Å². The molecule has 3 N–H and O–H groups in total. The lowest BCUT2D eigenvalue weighted by atomic mass is 9.67. The molecule has 0 radical (unpaired) electrons. The predicted octanol–water partition coefficient (Wildman–Crippen LogP) is 13.3. The third-order valence-corrected chi connectivity index (χ3v) is 9.14. The molecule has 0 aliphatic heterocycles. The van der Waals surface area contributed by atoms with Gasteiger partial charge < -0.3 is 11.1 Å². The van der Waals surface area contributed by atoms with E-state index in [4.69, 9.17) is 5.73 Å². The Morgan fingerprint density at radius 1 is 0.915 bits per heavy atom. The van der Waals surface area contributed by atoms with Crippen molar-refractivity contribution in [2.45, 2.75) is 116 Å². The largest absolute Gasteiger partial charge is 0.404 e. The van der Waals surface area contributed by atoms with Gasteiger partial charge in [-0.3, -0.25) is 0 Å². The van der Waals surface area contributed by atoms with Crippen molar-refractivity contribution in [3.05, 3.63) is 130 Å². The Morgan fingerprint density at radius 2 is 1.49 bits per heavy atom. The summed E-state index contributed by atoms with van der Waals surface area (Å²) in [5.41, 5.74) is 19.4. The summed E-state index contributed by atoms with van der Waals surface area (Å²) in [7, 11) is 1.97. The zero-order valence-electron chi connectivity index (χ0n) is 32.9. The maximum absolute atomic E-state index is 5.68. The molecule has 1 unspecified atom stereocenters. The van der Waals surface area contributed by atoms with E-state index < -0.39 is 0 Å². The molecule has 0 aromatic heterocycles. The molecule has 2 aromatic carbocycles. The first-order valence-corrected chi connectivity index (χ1v) is 17.9. The lowest BCUT2D eigenvalue weighted by Crippen LogP contribution is -2.27. The molecule has 2 nitrogen and oxygen atoms in total. The van der Waals surface area contributed by atoms with Gasteiger partial charge >= 0.3 is 0 Å². The summed E-state index contributed by atoms with van der Waals surface area (Å²) in [5.74, 6) is 1.28. The Morgan fingerprint density at radius 3 is 1.94 bits per heavy atom. The Labute approximate surface area is 291 Å². The maximum Gasteiger partial charge on any atom is 0.0443 e. The van der Waals surface area contributed by atoms with E-state index in [1.54, 1.807) is 17.3 Å².